The second-order valence-corrected chi connectivity index (χ2v) is 4.96. The summed E-state index contributed by atoms with van der Waals surface area (Å²) in [6.07, 6.45) is 3.21. The lowest BCUT2D eigenvalue weighted by atomic mass is 10.0. The smallest absolute Gasteiger partial charge is 0.253 e. The first-order valence-corrected chi connectivity index (χ1v) is 6.06. The lowest BCUT2D eigenvalue weighted by molar-refractivity contribution is 0.0911. The SMILES string of the molecule is CC(C)(CCBr)NC(=O)c1cncc(F)c1. The van der Waals surface area contributed by atoms with Crippen LogP contribution in [0.15, 0.2) is 18.5 Å². The van der Waals surface area contributed by atoms with E-state index in [1.54, 1.807) is 0 Å². The molecule has 0 atom stereocenters. The molecule has 88 valence electrons. The molecule has 0 aliphatic rings. The summed E-state index contributed by atoms with van der Waals surface area (Å²) in [5.74, 6) is -0.816. The molecule has 1 N–H and O–H groups in total. The van der Waals surface area contributed by atoms with E-state index in [0.29, 0.717) is 0 Å². The van der Waals surface area contributed by atoms with Crippen LogP contribution in [-0.2, 0) is 0 Å². The van der Waals surface area contributed by atoms with E-state index < -0.39 is 5.82 Å². The second kappa shape index (κ2) is 5.39. The van der Waals surface area contributed by atoms with Gasteiger partial charge in [0.1, 0.15) is 5.82 Å². The van der Waals surface area contributed by atoms with Crippen LogP contribution in [0.3, 0.4) is 0 Å². The fraction of sp³-hybridized carbons (Fsp3) is 0.455. The monoisotopic (exact) mass is 288 g/mol. The van der Waals surface area contributed by atoms with Gasteiger partial charge >= 0.3 is 0 Å². The lowest BCUT2D eigenvalue weighted by Gasteiger charge is -2.25. The van der Waals surface area contributed by atoms with Crippen molar-refractivity contribution in [3.05, 3.63) is 29.8 Å². The standard InChI is InChI=1S/C11H14BrFN2O/c1-11(2,3-4-12)15-10(16)8-5-9(13)7-14-6-8/h5-7H,3-4H2,1-2H3,(H,15,16). The fourth-order valence-corrected chi connectivity index (χ4v) is 2.21. The molecule has 5 heteroatoms. The molecule has 1 aromatic rings. The van der Waals surface area contributed by atoms with Crippen molar-refractivity contribution >= 4 is 21.8 Å². The van der Waals surface area contributed by atoms with Crippen molar-refractivity contribution in [1.82, 2.24) is 10.3 Å². The highest BCUT2D eigenvalue weighted by molar-refractivity contribution is 9.09. The van der Waals surface area contributed by atoms with Gasteiger partial charge in [-0.2, -0.15) is 0 Å². The van der Waals surface area contributed by atoms with Crippen LogP contribution in [0.5, 0.6) is 0 Å². The molecule has 0 unspecified atom stereocenters. The summed E-state index contributed by atoms with van der Waals surface area (Å²) in [4.78, 5) is 15.4. The largest absolute Gasteiger partial charge is 0.347 e. The second-order valence-electron chi connectivity index (χ2n) is 4.17. The molecule has 1 heterocycles. The Hall–Kier alpha value is -0.970. The van der Waals surface area contributed by atoms with Crippen molar-refractivity contribution in [2.75, 3.05) is 5.33 Å². The Morgan fingerprint density at radius 1 is 1.56 bits per heavy atom. The minimum Gasteiger partial charge on any atom is -0.347 e. The van der Waals surface area contributed by atoms with E-state index in [9.17, 15) is 9.18 Å². The fourth-order valence-electron chi connectivity index (χ4n) is 1.21. The molecule has 0 saturated heterocycles. The van der Waals surface area contributed by atoms with E-state index in [1.807, 2.05) is 13.8 Å². The summed E-state index contributed by atoms with van der Waals surface area (Å²) in [6, 6.07) is 1.17. The van der Waals surface area contributed by atoms with Gasteiger partial charge in [0.25, 0.3) is 5.91 Å². The molecular formula is C11H14BrFN2O. The van der Waals surface area contributed by atoms with Crippen LogP contribution in [0, 0.1) is 5.82 Å². The van der Waals surface area contributed by atoms with E-state index in [4.69, 9.17) is 0 Å². The predicted octanol–water partition coefficient (Wildman–Crippen LogP) is 2.51. The van der Waals surface area contributed by atoms with Gasteiger partial charge in [0.15, 0.2) is 0 Å². The van der Waals surface area contributed by atoms with Gasteiger partial charge in [-0.3, -0.25) is 9.78 Å². The van der Waals surface area contributed by atoms with Gasteiger partial charge in [0, 0.05) is 17.1 Å². The number of alkyl halides is 1. The molecule has 1 rings (SSSR count). The summed E-state index contributed by atoms with van der Waals surface area (Å²) >= 11 is 3.32. The average molecular weight is 289 g/mol. The average Bonchev–Trinajstić information content (AvgIpc) is 2.16. The van der Waals surface area contributed by atoms with Crippen molar-refractivity contribution in [2.24, 2.45) is 0 Å². The zero-order valence-corrected chi connectivity index (χ0v) is 10.8. The third-order valence-corrected chi connectivity index (χ3v) is 2.53. The highest BCUT2D eigenvalue weighted by Gasteiger charge is 2.20. The maximum Gasteiger partial charge on any atom is 0.253 e. The Labute approximate surface area is 103 Å². The number of hydrogen-bond donors (Lipinski definition) is 1. The summed E-state index contributed by atoms with van der Waals surface area (Å²) in [6.45, 7) is 3.83. The van der Waals surface area contributed by atoms with Gasteiger partial charge in [-0.1, -0.05) is 15.9 Å². The molecule has 16 heavy (non-hydrogen) atoms. The number of aromatic nitrogens is 1. The Balaban J connectivity index is 2.72. The van der Waals surface area contributed by atoms with E-state index in [2.05, 4.69) is 26.2 Å². The van der Waals surface area contributed by atoms with E-state index >= 15 is 0 Å². The summed E-state index contributed by atoms with van der Waals surface area (Å²) < 4.78 is 12.9. The number of pyridine rings is 1. The Bertz CT molecular complexity index is 382. The number of amides is 1. The first-order valence-electron chi connectivity index (χ1n) is 4.94. The maximum atomic E-state index is 12.9. The van der Waals surface area contributed by atoms with Crippen molar-refractivity contribution in [2.45, 2.75) is 25.8 Å². The third-order valence-electron chi connectivity index (χ3n) is 2.14. The molecule has 1 amide bonds. The number of nitrogens with one attached hydrogen (secondary N) is 1. The lowest BCUT2D eigenvalue weighted by Crippen LogP contribution is -2.43. The summed E-state index contributed by atoms with van der Waals surface area (Å²) in [5, 5.41) is 3.62. The van der Waals surface area contributed by atoms with Crippen molar-refractivity contribution in [3.63, 3.8) is 0 Å². The van der Waals surface area contributed by atoms with Crippen molar-refractivity contribution in [1.29, 1.82) is 0 Å². The number of halogens is 2. The van der Waals surface area contributed by atoms with E-state index in [1.165, 1.54) is 12.3 Å². The molecule has 0 saturated carbocycles. The summed E-state index contributed by atoms with van der Waals surface area (Å²) in [7, 11) is 0. The first-order chi connectivity index (χ1) is 7.44. The molecule has 0 spiro atoms. The number of nitrogens with zero attached hydrogens (tertiary/aromatic N) is 1. The molecule has 0 radical (unpaired) electrons. The third kappa shape index (κ3) is 3.89. The first kappa shape index (κ1) is 13.1. The van der Waals surface area contributed by atoms with Crippen LogP contribution in [0.2, 0.25) is 0 Å². The van der Waals surface area contributed by atoms with Crippen molar-refractivity contribution < 1.29 is 9.18 Å². The normalized spacial score (nSPS) is 11.2. The zero-order valence-electron chi connectivity index (χ0n) is 9.26. The Morgan fingerprint density at radius 2 is 2.25 bits per heavy atom. The molecule has 0 fully saturated rings. The number of rotatable bonds is 4. The van der Waals surface area contributed by atoms with Gasteiger partial charge in [-0.05, 0) is 26.3 Å². The Kier molecular flexibility index (Phi) is 4.41. The van der Waals surface area contributed by atoms with Gasteiger partial charge < -0.3 is 5.32 Å². The van der Waals surface area contributed by atoms with Gasteiger partial charge in [0.05, 0.1) is 11.8 Å². The molecule has 0 aliphatic carbocycles. The van der Waals surface area contributed by atoms with Gasteiger partial charge in [-0.25, -0.2) is 4.39 Å². The number of carbonyl (C=O) groups is 1. The minimum atomic E-state index is -0.508. The van der Waals surface area contributed by atoms with E-state index in [-0.39, 0.29) is 17.0 Å². The summed E-state index contributed by atoms with van der Waals surface area (Å²) in [5.41, 5.74) is -0.0879. The quantitative estimate of drug-likeness (QED) is 0.865. The molecule has 0 aliphatic heterocycles. The molecule has 0 bridgehead atoms. The van der Waals surface area contributed by atoms with Crippen LogP contribution in [0.4, 0.5) is 4.39 Å². The van der Waals surface area contributed by atoms with Crippen LogP contribution < -0.4 is 5.32 Å². The van der Waals surface area contributed by atoms with E-state index in [0.717, 1.165) is 17.9 Å². The molecule has 1 aromatic heterocycles. The minimum absolute atomic E-state index is 0.239. The maximum absolute atomic E-state index is 12.9. The van der Waals surface area contributed by atoms with Crippen LogP contribution in [-0.4, -0.2) is 21.8 Å². The Morgan fingerprint density at radius 3 is 2.81 bits per heavy atom. The topological polar surface area (TPSA) is 42.0 Å². The van der Waals surface area contributed by atoms with Crippen LogP contribution in [0.1, 0.15) is 30.6 Å². The molecule has 3 nitrogen and oxygen atoms in total. The van der Waals surface area contributed by atoms with Gasteiger partial charge in [-0.15, -0.1) is 0 Å². The van der Waals surface area contributed by atoms with Crippen LogP contribution in [0.25, 0.3) is 0 Å². The molecular weight excluding hydrogens is 275 g/mol. The predicted molar refractivity (Wildman–Crippen MR) is 64.2 cm³/mol. The van der Waals surface area contributed by atoms with Crippen LogP contribution >= 0.6 is 15.9 Å². The zero-order chi connectivity index (χ0) is 12.2. The number of hydrogen-bond acceptors (Lipinski definition) is 2. The number of carbonyl (C=O) groups excluding carboxylic acids is 1. The highest BCUT2D eigenvalue weighted by atomic mass is 79.9. The molecule has 0 aromatic carbocycles. The highest BCUT2D eigenvalue weighted by Crippen LogP contribution is 2.11. The van der Waals surface area contributed by atoms with Gasteiger partial charge in [0.2, 0.25) is 0 Å². The van der Waals surface area contributed by atoms with Crippen molar-refractivity contribution in [3.8, 4) is 0 Å².